The molecule has 0 N–H and O–H groups in total. The first-order valence-corrected chi connectivity index (χ1v) is 30.8. The highest BCUT2D eigenvalue weighted by Gasteiger charge is 2.19. The third-order valence-corrected chi connectivity index (χ3v) is 13.5. The second-order valence-electron chi connectivity index (χ2n) is 20.6. The molecule has 0 radical (unpaired) electrons. The van der Waals surface area contributed by atoms with Crippen molar-refractivity contribution in [3.05, 3.63) is 60.8 Å². The van der Waals surface area contributed by atoms with E-state index in [1.807, 2.05) is 0 Å². The lowest BCUT2D eigenvalue weighted by molar-refractivity contribution is -0.167. The molecule has 6 nitrogen and oxygen atoms in total. The Morgan fingerprint density at radius 1 is 0.296 bits per heavy atom. The van der Waals surface area contributed by atoms with Gasteiger partial charge in [-0.3, -0.25) is 14.4 Å². The Labute approximate surface area is 440 Å². The van der Waals surface area contributed by atoms with Crippen molar-refractivity contribution in [1.82, 2.24) is 0 Å². The molecule has 0 aliphatic rings. The lowest BCUT2D eigenvalue weighted by Gasteiger charge is -2.18. The summed E-state index contributed by atoms with van der Waals surface area (Å²) in [4.78, 5) is 38.3. The average Bonchev–Trinajstić information content (AvgIpc) is 3.37. The molecule has 0 aromatic heterocycles. The molecule has 0 saturated carbocycles. The monoisotopic (exact) mass is 993 g/mol. The zero-order valence-electron chi connectivity index (χ0n) is 47.2. The molecule has 0 rings (SSSR count). The van der Waals surface area contributed by atoms with Crippen LogP contribution in [0.1, 0.15) is 316 Å². The Morgan fingerprint density at radius 3 is 0.873 bits per heavy atom. The molecule has 0 bridgehead atoms. The Balaban J connectivity index is 4.35. The van der Waals surface area contributed by atoms with Crippen LogP contribution in [0.25, 0.3) is 0 Å². The Kier molecular flexibility index (Phi) is 57.2. The van der Waals surface area contributed by atoms with E-state index < -0.39 is 6.10 Å². The van der Waals surface area contributed by atoms with Gasteiger partial charge in [-0.15, -0.1) is 0 Å². The Bertz CT molecular complexity index is 1280. The molecule has 0 spiro atoms. The summed E-state index contributed by atoms with van der Waals surface area (Å²) in [5.41, 5.74) is 0. The van der Waals surface area contributed by atoms with Crippen LogP contribution in [-0.2, 0) is 28.6 Å². The molecular formula is C65H116O6. The van der Waals surface area contributed by atoms with E-state index in [4.69, 9.17) is 14.2 Å². The number of hydrogen-bond acceptors (Lipinski definition) is 6. The predicted octanol–water partition coefficient (Wildman–Crippen LogP) is 20.8. The molecule has 0 aliphatic carbocycles. The molecule has 1 unspecified atom stereocenters. The van der Waals surface area contributed by atoms with Crippen molar-refractivity contribution in [2.24, 2.45) is 0 Å². The standard InChI is InChI=1S/C65H116O6/c1-4-7-10-13-16-19-22-25-28-30-32-33-34-36-37-40-43-46-49-52-55-58-64(67)70-61-62(60-69-63(66)57-54-51-48-45-42-39-27-24-21-18-15-12-9-6-3)71-65(68)59-56-53-50-47-44-41-38-35-31-29-26-23-20-17-14-11-8-5-2/h7,10,16,19,24-25,27-28,32-33,62H,4-6,8-9,11-15,17-18,20-23,26,29-31,34-61H2,1-3H3/b10-7-,19-16-,27-24-,28-25-,33-32-. The summed E-state index contributed by atoms with van der Waals surface area (Å²) in [7, 11) is 0. The van der Waals surface area contributed by atoms with Gasteiger partial charge in [-0.2, -0.15) is 0 Å². The number of esters is 3. The van der Waals surface area contributed by atoms with Crippen molar-refractivity contribution >= 4 is 17.9 Å². The molecular weight excluding hydrogens is 877 g/mol. The van der Waals surface area contributed by atoms with Crippen LogP contribution in [0.3, 0.4) is 0 Å². The molecule has 0 aromatic rings. The first-order chi connectivity index (χ1) is 35.0. The van der Waals surface area contributed by atoms with Gasteiger partial charge >= 0.3 is 17.9 Å². The Morgan fingerprint density at radius 2 is 0.549 bits per heavy atom. The number of ether oxygens (including phenoxy) is 3. The van der Waals surface area contributed by atoms with Crippen molar-refractivity contribution in [3.8, 4) is 0 Å². The van der Waals surface area contributed by atoms with Gasteiger partial charge in [0.25, 0.3) is 0 Å². The second kappa shape index (κ2) is 59.7. The van der Waals surface area contributed by atoms with Crippen LogP contribution in [0, 0.1) is 0 Å². The van der Waals surface area contributed by atoms with Crippen LogP contribution < -0.4 is 0 Å². The highest BCUT2D eigenvalue weighted by atomic mass is 16.6. The minimum atomic E-state index is -0.779. The van der Waals surface area contributed by atoms with E-state index in [0.29, 0.717) is 19.3 Å². The average molecular weight is 994 g/mol. The smallest absolute Gasteiger partial charge is 0.306 e. The number of rotatable bonds is 56. The largest absolute Gasteiger partial charge is 0.462 e. The maximum absolute atomic E-state index is 12.9. The SMILES string of the molecule is CC/C=C\C/C=C\C/C=C\C/C=C\CCCCCCCCCCC(=O)OCC(COC(=O)CCCCCCC/C=C\CCCCCCC)OC(=O)CCCCCCCCCCCCCCCCCCCC. The summed E-state index contributed by atoms with van der Waals surface area (Å²) in [6.07, 6.45) is 75.0. The first kappa shape index (κ1) is 68.1. The highest BCUT2D eigenvalue weighted by molar-refractivity contribution is 5.71. The third kappa shape index (κ3) is 57.9. The van der Waals surface area contributed by atoms with E-state index in [9.17, 15) is 14.4 Å². The van der Waals surface area contributed by atoms with Gasteiger partial charge < -0.3 is 14.2 Å². The fraction of sp³-hybridized carbons (Fsp3) is 0.800. The van der Waals surface area contributed by atoms with Crippen LogP contribution >= 0.6 is 0 Å². The van der Waals surface area contributed by atoms with Crippen molar-refractivity contribution in [2.75, 3.05) is 13.2 Å². The fourth-order valence-electron chi connectivity index (χ4n) is 8.90. The summed E-state index contributed by atoms with van der Waals surface area (Å²) in [5.74, 6) is -0.877. The zero-order valence-corrected chi connectivity index (χ0v) is 47.2. The summed E-state index contributed by atoms with van der Waals surface area (Å²) in [5, 5.41) is 0. The van der Waals surface area contributed by atoms with Crippen molar-refractivity contribution in [2.45, 2.75) is 322 Å². The van der Waals surface area contributed by atoms with Gasteiger partial charge in [0.1, 0.15) is 13.2 Å². The number of carbonyl (C=O) groups is 3. The number of allylic oxidation sites excluding steroid dienone is 10. The van der Waals surface area contributed by atoms with Crippen LogP contribution in [0.4, 0.5) is 0 Å². The quantitative estimate of drug-likeness (QED) is 0.0261. The van der Waals surface area contributed by atoms with Crippen LogP contribution in [-0.4, -0.2) is 37.2 Å². The van der Waals surface area contributed by atoms with Crippen molar-refractivity contribution in [3.63, 3.8) is 0 Å². The van der Waals surface area contributed by atoms with E-state index in [1.165, 1.54) is 180 Å². The van der Waals surface area contributed by atoms with Crippen LogP contribution in [0.5, 0.6) is 0 Å². The third-order valence-electron chi connectivity index (χ3n) is 13.5. The molecule has 71 heavy (non-hydrogen) atoms. The van der Waals surface area contributed by atoms with Crippen LogP contribution in [0.2, 0.25) is 0 Å². The van der Waals surface area contributed by atoms with Gasteiger partial charge in [0.2, 0.25) is 0 Å². The van der Waals surface area contributed by atoms with E-state index in [2.05, 4.69) is 81.5 Å². The summed E-state index contributed by atoms with van der Waals surface area (Å²) in [6.45, 7) is 6.55. The summed E-state index contributed by atoms with van der Waals surface area (Å²) in [6, 6.07) is 0. The van der Waals surface area contributed by atoms with E-state index in [1.54, 1.807) is 0 Å². The zero-order chi connectivity index (χ0) is 51.4. The maximum Gasteiger partial charge on any atom is 0.306 e. The minimum absolute atomic E-state index is 0.0780. The molecule has 0 fully saturated rings. The van der Waals surface area contributed by atoms with Gasteiger partial charge in [-0.25, -0.2) is 0 Å². The second-order valence-corrected chi connectivity index (χ2v) is 20.6. The van der Waals surface area contributed by atoms with E-state index >= 15 is 0 Å². The minimum Gasteiger partial charge on any atom is -0.462 e. The van der Waals surface area contributed by atoms with E-state index in [0.717, 1.165) is 96.3 Å². The molecule has 0 heterocycles. The number of hydrogen-bond donors (Lipinski definition) is 0. The maximum atomic E-state index is 12.9. The number of unbranched alkanes of at least 4 members (excludes halogenated alkanes) is 35. The van der Waals surface area contributed by atoms with Crippen LogP contribution in [0.15, 0.2) is 60.8 Å². The molecule has 0 aliphatic heterocycles. The van der Waals surface area contributed by atoms with E-state index in [-0.39, 0.29) is 31.1 Å². The topological polar surface area (TPSA) is 78.9 Å². The normalized spacial score (nSPS) is 12.4. The van der Waals surface area contributed by atoms with Gasteiger partial charge in [0.15, 0.2) is 6.10 Å². The molecule has 0 amide bonds. The lowest BCUT2D eigenvalue weighted by atomic mass is 10.0. The summed E-state index contributed by atoms with van der Waals surface area (Å²) < 4.78 is 16.9. The molecule has 412 valence electrons. The fourth-order valence-corrected chi connectivity index (χ4v) is 8.90. The lowest BCUT2D eigenvalue weighted by Crippen LogP contribution is -2.30. The van der Waals surface area contributed by atoms with Crippen molar-refractivity contribution in [1.29, 1.82) is 0 Å². The van der Waals surface area contributed by atoms with Gasteiger partial charge in [-0.1, -0.05) is 274 Å². The molecule has 1 atom stereocenters. The first-order valence-electron chi connectivity index (χ1n) is 30.8. The molecule has 6 heteroatoms. The predicted molar refractivity (Wildman–Crippen MR) is 307 cm³/mol. The van der Waals surface area contributed by atoms with Gasteiger partial charge in [0.05, 0.1) is 0 Å². The molecule has 0 saturated heterocycles. The number of carbonyl (C=O) groups excluding carboxylic acids is 3. The molecule has 0 aromatic carbocycles. The highest BCUT2D eigenvalue weighted by Crippen LogP contribution is 2.17. The Hall–Kier alpha value is -2.89. The van der Waals surface area contributed by atoms with Crippen molar-refractivity contribution < 1.29 is 28.6 Å². The van der Waals surface area contributed by atoms with Gasteiger partial charge in [-0.05, 0) is 83.5 Å². The van der Waals surface area contributed by atoms with Gasteiger partial charge in [0, 0.05) is 19.3 Å². The summed E-state index contributed by atoms with van der Waals surface area (Å²) >= 11 is 0.